The maximum absolute atomic E-state index is 13.0. The van der Waals surface area contributed by atoms with Gasteiger partial charge in [0.15, 0.2) is 5.76 Å². The Morgan fingerprint density at radius 1 is 0.698 bits per heavy atom. The SMILES string of the molecule is CC(C)CC(=O)Nc1ccc(-c2ncc(-c3ccc(NC(=O)[C@H](NC(=O)OCc4ccccc4)C(C)C)cc3)o2)cc1.NC(=O)OCc1ccccc1. The number of nitrogens with one attached hydrogen (secondary N) is 3. The lowest BCUT2D eigenvalue weighted by atomic mass is 10.0. The van der Waals surface area contributed by atoms with Crippen LogP contribution in [0.2, 0.25) is 0 Å². The fourth-order valence-corrected chi connectivity index (χ4v) is 4.91. The summed E-state index contributed by atoms with van der Waals surface area (Å²) in [6, 6.07) is 32.4. The summed E-state index contributed by atoms with van der Waals surface area (Å²) in [7, 11) is 0. The fraction of sp³-hybridized carbons (Fsp3) is 0.244. The van der Waals surface area contributed by atoms with Gasteiger partial charge in [-0.1, -0.05) is 88.4 Å². The number of hydrogen-bond acceptors (Lipinski definition) is 8. The van der Waals surface area contributed by atoms with Crippen molar-refractivity contribution in [3.05, 3.63) is 127 Å². The van der Waals surface area contributed by atoms with Gasteiger partial charge < -0.3 is 35.6 Å². The number of carbonyl (C=O) groups is 4. The fourth-order valence-electron chi connectivity index (χ4n) is 4.91. The molecule has 12 heteroatoms. The molecule has 4 amide bonds. The van der Waals surface area contributed by atoms with E-state index < -0.39 is 18.2 Å². The molecule has 0 aliphatic rings. The summed E-state index contributed by atoms with van der Waals surface area (Å²) in [5, 5.41) is 8.41. The maximum atomic E-state index is 13.0. The van der Waals surface area contributed by atoms with Crippen LogP contribution in [0.1, 0.15) is 45.2 Å². The average molecular weight is 720 g/mol. The van der Waals surface area contributed by atoms with Crippen LogP contribution in [0.15, 0.2) is 120 Å². The van der Waals surface area contributed by atoms with Gasteiger partial charge in [-0.15, -0.1) is 0 Å². The molecule has 5 rings (SSSR count). The smallest absolute Gasteiger partial charge is 0.408 e. The zero-order chi connectivity index (χ0) is 38.2. The molecule has 0 fully saturated rings. The highest BCUT2D eigenvalue weighted by Gasteiger charge is 2.25. The van der Waals surface area contributed by atoms with Crippen molar-refractivity contribution in [3.63, 3.8) is 0 Å². The normalized spacial score (nSPS) is 11.1. The second-order valence-electron chi connectivity index (χ2n) is 12.8. The Hall–Kier alpha value is -6.43. The molecule has 5 N–H and O–H groups in total. The molecule has 0 unspecified atom stereocenters. The van der Waals surface area contributed by atoms with Crippen molar-refractivity contribution in [2.45, 2.75) is 53.4 Å². The molecule has 5 aromatic rings. The number of benzene rings is 4. The Kier molecular flexibility index (Phi) is 14.7. The monoisotopic (exact) mass is 719 g/mol. The first-order valence-electron chi connectivity index (χ1n) is 17.2. The summed E-state index contributed by atoms with van der Waals surface area (Å²) in [4.78, 5) is 51.9. The van der Waals surface area contributed by atoms with Crippen molar-refractivity contribution < 1.29 is 33.1 Å². The molecule has 1 atom stereocenters. The number of oxazole rings is 1. The van der Waals surface area contributed by atoms with Gasteiger partial charge in [0, 0.05) is 28.9 Å². The Balaban J connectivity index is 0.000000488. The van der Waals surface area contributed by atoms with Crippen molar-refractivity contribution in [2.75, 3.05) is 10.6 Å². The van der Waals surface area contributed by atoms with Gasteiger partial charge in [-0.05, 0) is 71.5 Å². The molecule has 0 bridgehead atoms. The Bertz CT molecular complexity index is 1910. The number of amides is 4. The van der Waals surface area contributed by atoms with Crippen molar-refractivity contribution in [3.8, 4) is 22.8 Å². The van der Waals surface area contributed by atoms with E-state index in [-0.39, 0.29) is 36.9 Å². The minimum absolute atomic E-state index is 0.0203. The first-order chi connectivity index (χ1) is 25.5. The van der Waals surface area contributed by atoms with Crippen molar-refractivity contribution >= 4 is 35.4 Å². The highest BCUT2D eigenvalue weighted by atomic mass is 16.6. The van der Waals surface area contributed by atoms with Gasteiger partial charge in [-0.25, -0.2) is 14.6 Å². The average Bonchev–Trinajstić information content (AvgIpc) is 3.64. The van der Waals surface area contributed by atoms with Gasteiger partial charge in [0.1, 0.15) is 19.3 Å². The predicted molar refractivity (Wildman–Crippen MR) is 203 cm³/mol. The van der Waals surface area contributed by atoms with E-state index in [1.54, 1.807) is 18.3 Å². The van der Waals surface area contributed by atoms with E-state index >= 15 is 0 Å². The minimum Gasteiger partial charge on any atom is -0.445 e. The molecule has 0 saturated carbocycles. The number of nitrogens with zero attached hydrogens (tertiary/aromatic N) is 1. The van der Waals surface area contributed by atoms with E-state index in [0.29, 0.717) is 29.4 Å². The molecule has 276 valence electrons. The second-order valence-corrected chi connectivity index (χ2v) is 12.8. The largest absolute Gasteiger partial charge is 0.445 e. The van der Waals surface area contributed by atoms with E-state index in [4.69, 9.17) is 14.9 Å². The molecule has 0 aliphatic heterocycles. The van der Waals surface area contributed by atoms with Gasteiger partial charge in [0.05, 0.1) is 6.20 Å². The van der Waals surface area contributed by atoms with Crippen LogP contribution in [0.25, 0.3) is 22.8 Å². The van der Waals surface area contributed by atoms with E-state index in [1.807, 2.05) is 125 Å². The Morgan fingerprint density at radius 3 is 1.75 bits per heavy atom. The second kappa shape index (κ2) is 19.8. The molecule has 0 saturated heterocycles. The van der Waals surface area contributed by atoms with Gasteiger partial charge >= 0.3 is 12.2 Å². The molecule has 1 heterocycles. The number of aromatic nitrogens is 1. The molecule has 0 aliphatic carbocycles. The molecular formula is C41H45N5O7. The number of primary amides is 1. The van der Waals surface area contributed by atoms with Crippen molar-refractivity contribution in [2.24, 2.45) is 17.6 Å². The molecule has 4 aromatic carbocycles. The standard InChI is InChI=1S/C33H36N4O5.C8H9NO2/c1-21(2)18-29(38)35-26-16-12-25(13-17-26)32-34-19-28(42-32)24-10-14-27(15-11-24)36-31(39)30(22(3)4)37-33(40)41-20-23-8-6-5-7-9-23;9-8(10)11-6-7-4-2-1-3-5-7/h5-17,19,21-22,30H,18,20H2,1-4H3,(H,35,38)(H,36,39)(H,37,40);1-5H,6H2,(H2,9,10)/t30-;/m1./s1. The summed E-state index contributed by atoms with van der Waals surface area (Å²) in [5.74, 6) is 0.780. The van der Waals surface area contributed by atoms with Gasteiger partial charge in [-0.3, -0.25) is 9.59 Å². The van der Waals surface area contributed by atoms with E-state index in [0.717, 1.165) is 22.3 Å². The zero-order valence-electron chi connectivity index (χ0n) is 30.2. The Labute approximate surface area is 309 Å². The molecule has 0 spiro atoms. The minimum atomic E-state index is -0.778. The maximum Gasteiger partial charge on any atom is 0.408 e. The van der Waals surface area contributed by atoms with Crippen LogP contribution in [0.4, 0.5) is 21.0 Å². The molecule has 12 nitrogen and oxygen atoms in total. The first-order valence-corrected chi connectivity index (χ1v) is 17.2. The number of nitrogens with two attached hydrogens (primary N) is 1. The Morgan fingerprint density at radius 2 is 1.23 bits per heavy atom. The highest BCUT2D eigenvalue weighted by Crippen LogP contribution is 2.28. The predicted octanol–water partition coefficient (Wildman–Crippen LogP) is 8.16. The third kappa shape index (κ3) is 13.3. The number of alkyl carbamates (subject to hydrolysis) is 1. The number of hydrogen-bond donors (Lipinski definition) is 4. The quantitative estimate of drug-likeness (QED) is 0.0942. The van der Waals surface area contributed by atoms with Crippen LogP contribution in [0.5, 0.6) is 0 Å². The summed E-state index contributed by atoms with van der Waals surface area (Å²) >= 11 is 0. The molecule has 53 heavy (non-hydrogen) atoms. The molecule has 0 radical (unpaired) electrons. The summed E-state index contributed by atoms with van der Waals surface area (Å²) in [5.41, 5.74) is 9.43. The van der Waals surface area contributed by atoms with Crippen LogP contribution in [0.3, 0.4) is 0 Å². The topological polar surface area (TPSA) is 175 Å². The lowest BCUT2D eigenvalue weighted by Gasteiger charge is -2.21. The van der Waals surface area contributed by atoms with E-state index in [1.165, 1.54) is 0 Å². The molecule has 1 aromatic heterocycles. The van der Waals surface area contributed by atoms with Crippen molar-refractivity contribution in [1.29, 1.82) is 0 Å². The summed E-state index contributed by atoms with van der Waals surface area (Å²) in [6.07, 6.45) is 0.705. The summed E-state index contributed by atoms with van der Waals surface area (Å²) in [6.45, 7) is 8.07. The van der Waals surface area contributed by atoms with Gasteiger partial charge in [-0.2, -0.15) is 0 Å². The van der Waals surface area contributed by atoms with Crippen LogP contribution in [-0.4, -0.2) is 35.0 Å². The number of rotatable bonds is 13. The van der Waals surface area contributed by atoms with Crippen LogP contribution >= 0.6 is 0 Å². The van der Waals surface area contributed by atoms with Gasteiger partial charge in [0.25, 0.3) is 0 Å². The first kappa shape index (κ1) is 39.4. The number of carbonyl (C=O) groups excluding carboxylic acids is 4. The number of anilines is 2. The van der Waals surface area contributed by atoms with E-state index in [9.17, 15) is 19.2 Å². The van der Waals surface area contributed by atoms with Crippen LogP contribution in [0, 0.1) is 11.8 Å². The third-order valence-electron chi connectivity index (χ3n) is 7.61. The van der Waals surface area contributed by atoms with Crippen molar-refractivity contribution in [1.82, 2.24) is 10.3 Å². The van der Waals surface area contributed by atoms with E-state index in [2.05, 4.69) is 25.7 Å². The van der Waals surface area contributed by atoms with Gasteiger partial charge in [0.2, 0.25) is 17.7 Å². The lowest BCUT2D eigenvalue weighted by Crippen LogP contribution is -2.47. The highest BCUT2D eigenvalue weighted by molar-refractivity contribution is 5.97. The van der Waals surface area contributed by atoms with Crippen LogP contribution in [-0.2, 0) is 32.3 Å². The summed E-state index contributed by atoms with van der Waals surface area (Å²) < 4.78 is 15.8. The number of ether oxygens (including phenoxy) is 2. The molecular weight excluding hydrogens is 674 g/mol. The van der Waals surface area contributed by atoms with Crippen LogP contribution < -0.4 is 21.7 Å². The zero-order valence-corrected chi connectivity index (χ0v) is 30.2. The third-order valence-corrected chi connectivity index (χ3v) is 7.61. The lowest BCUT2D eigenvalue weighted by molar-refractivity contribution is -0.119.